The molecule has 0 unspecified atom stereocenters. The van der Waals surface area contributed by atoms with Crippen molar-refractivity contribution in [1.29, 1.82) is 0 Å². The van der Waals surface area contributed by atoms with E-state index in [1.165, 1.54) is 11.1 Å². The molecule has 0 radical (unpaired) electrons. The number of hydrogen-bond acceptors (Lipinski definition) is 3. The van der Waals surface area contributed by atoms with Crippen LogP contribution in [0.5, 0.6) is 0 Å². The SMILES string of the molecule is Cn1cc(C(=O)Nc2ccc3c(c2)CNCC3)cn1. The number of nitrogens with one attached hydrogen (secondary N) is 2. The number of anilines is 1. The summed E-state index contributed by atoms with van der Waals surface area (Å²) in [6.45, 7) is 1.89. The van der Waals surface area contributed by atoms with Gasteiger partial charge in [-0.05, 0) is 36.2 Å². The van der Waals surface area contributed by atoms with Crippen LogP contribution in [0.25, 0.3) is 0 Å². The summed E-state index contributed by atoms with van der Waals surface area (Å²) in [7, 11) is 1.79. The Labute approximate surface area is 111 Å². The Balaban J connectivity index is 1.78. The lowest BCUT2D eigenvalue weighted by atomic mass is 10.0. The van der Waals surface area contributed by atoms with Crippen LogP contribution in [0.4, 0.5) is 5.69 Å². The van der Waals surface area contributed by atoms with Crippen LogP contribution >= 0.6 is 0 Å². The third-order valence-corrected chi connectivity index (χ3v) is 3.32. The van der Waals surface area contributed by atoms with Crippen LogP contribution < -0.4 is 10.6 Å². The Morgan fingerprint density at radius 1 is 1.42 bits per heavy atom. The fourth-order valence-electron chi connectivity index (χ4n) is 2.30. The second-order valence-corrected chi connectivity index (χ2v) is 4.77. The zero-order valence-corrected chi connectivity index (χ0v) is 10.8. The van der Waals surface area contributed by atoms with Crippen molar-refractivity contribution in [2.45, 2.75) is 13.0 Å². The van der Waals surface area contributed by atoms with Crippen LogP contribution in [0.15, 0.2) is 30.6 Å². The first-order valence-electron chi connectivity index (χ1n) is 6.35. The maximum absolute atomic E-state index is 12.0. The van der Waals surface area contributed by atoms with Gasteiger partial charge in [-0.25, -0.2) is 0 Å². The quantitative estimate of drug-likeness (QED) is 0.852. The number of aryl methyl sites for hydroxylation is 1. The highest BCUT2D eigenvalue weighted by molar-refractivity contribution is 6.03. The largest absolute Gasteiger partial charge is 0.322 e. The number of amides is 1. The molecule has 19 heavy (non-hydrogen) atoms. The van der Waals surface area contributed by atoms with E-state index in [9.17, 15) is 4.79 Å². The molecule has 2 N–H and O–H groups in total. The van der Waals surface area contributed by atoms with Crippen LogP contribution in [0, 0.1) is 0 Å². The predicted molar refractivity (Wildman–Crippen MR) is 73.0 cm³/mol. The van der Waals surface area contributed by atoms with Crippen LogP contribution in [0.3, 0.4) is 0 Å². The first kappa shape index (κ1) is 11.9. The molecule has 0 bridgehead atoms. The van der Waals surface area contributed by atoms with E-state index in [0.717, 1.165) is 25.2 Å². The minimum Gasteiger partial charge on any atom is -0.322 e. The van der Waals surface area contributed by atoms with Gasteiger partial charge in [0, 0.05) is 25.5 Å². The number of aromatic nitrogens is 2. The number of nitrogens with zero attached hydrogens (tertiary/aromatic N) is 2. The van der Waals surface area contributed by atoms with Crippen LogP contribution in [0.1, 0.15) is 21.5 Å². The summed E-state index contributed by atoms with van der Waals surface area (Å²) in [4.78, 5) is 12.0. The number of fused-ring (bicyclic) bond motifs is 1. The molecule has 1 amide bonds. The Hall–Kier alpha value is -2.14. The molecule has 0 saturated heterocycles. The Morgan fingerprint density at radius 2 is 2.32 bits per heavy atom. The standard InChI is InChI=1S/C14H16N4O/c1-18-9-12(8-16-18)14(19)17-13-3-2-10-4-5-15-7-11(10)6-13/h2-3,6,8-9,15H,4-5,7H2,1H3,(H,17,19). The molecule has 5 heteroatoms. The molecule has 1 aliphatic heterocycles. The molecular formula is C14H16N4O. The van der Waals surface area contributed by atoms with Gasteiger partial charge in [-0.3, -0.25) is 9.48 Å². The van der Waals surface area contributed by atoms with Gasteiger partial charge < -0.3 is 10.6 Å². The molecule has 1 aromatic heterocycles. The van der Waals surface area contributed by atoms with Gasteiger partial charge in [0.15, 0.2) is 0 Å². The van der Waals surface area contributed by atoms with Crippen molar-refractivity contribution in [3.05, 3.63) is 47.3 Å². The smallest absolute Gasteiger partial charge is 0.258 e. The van der Waals surface area contributed by atoms with Crippen LogP contribution in [0.2, 0.25) is 0 Å². The van der Waals surface area contributed by atoms with Crippen molar-refractivity contribution in [2.75, 3.05) is 11.9 Å². The van der Waals surface area contributed by atoms with Gasteiger partial charge in [0.05, 0.1) is 11.8 Å². The molecule has 2 heterocycles. The highest BCUT2D eigenvalue weighted by Gasteiger charge is 2.11. The van der Waals surface area contributed by atoms with Crippen LogP contribution in [-0.2, 0) is 20.0 Å². The number of rotatable bonds is 2. The number of carbonyl (C=O) groups is 1. The fourth-order valence-corrected chi connectivity index (χ4v) is 2.30. The molecular weight excluding hydrogens is 240 g/mol. The molecule has 0 saturated carbocycles. The van der Waals surface area contributed by atoms with E-state index in [0.29, 0.717) is 5.56 Å². The maximum Gasteiger partial charge on any atom is 0.258 e. The lowest BCUT2D eigenvalue weighted by molar-refractivity contribution is 0.102. The van der Waals surface area contributed by atoms with Gasteiger partial charge in [-0.2, -0.15) is 5.10 Å². The van der Waals surface area contributed by atoms with Gasteiger partial charge >= 0.3 is 0 Å². The summed E-state index contributed by atoms with van der Waals surface area (Å²) in [6, 6.07) is 6.09. The minimum absolute atomic E-state index is 0.128. The zero-order chi connectivity index (χ0) is 13.2. The third-order valence-electron chi connectivity index (χ3n) is 3.32. The summed E-state index contributed by atoms with van der Waals surface area (Å²) in [5.41, 5.74) is 4.02. The zero-order valence-electron chi connectivity index (χ0n) is 10.8. The van der Waals surface area contributed by atoms with Crippen molar-refractivity contribution >= 4 is 11.6 Å². The number of benzene rings is 1. The lowest BCUT2D eigenvalue weighted by Gasteiger charge is -2.18. The van der Waals surface area contributed by atoms with Crippen LogP contribution in [-0.4, -0.2) is 22.2 Å². The van der Waals surface area contributed by atoms with Crippen molar-refractivity contribution in [2.24, 2.45) is 7.05 Å². The average Bonchev–Trinajstić information content (AvgIpc) is 2.85. The van der Waals surface area contributed by atoms with Crippen molar-refractivity contribution in [3.8, 4) is 0 Å². The maximum atomic E-state index is 12.0. The highest BCUT2D eigenvalue weighted by atomic mass is 16.1. The second kappa shape index (κ2) is 4.85. The Bertz CT molecular complexity index is 618. The summed E-state index contributed by atoms with van der Waals surface area (Å²) >= 11 is 0. The van der Waals surface area contributed by atoms with E-state index < -0.39 is 0 Å². The van der Waals surface area contributed by atoms with Gasteiger partial charge in [-0.15, -0.1) is 0 Å². The monoisotopic (exact) mass is 256 g/mol. The van der Waals surface area contributed by atoms with Gasteiger partial charge in [0.1, 0.15) is 0 Å². The normalized spacial score (nSPS) is 13.9. The molecule has 2 aromatic rings. The number of carbonyl (C=O) groups excluding carboxylic acids is 1. The summed E-state index contributed by atoms with van der Waals surface area (Å²) < 4.78 is 1.62. The second-order valence-electron chi connectivity index (χ2n) is 4.77. The molecule has 3 rings (SSSR count). The van der Waals surface area contributed by atoms with Crippen molar-refractivity contribution in [1.82, 2.24) is 15.1 Å². The highest BCUT2D eigenvalue weighted by Crippen LogP contribution is 2.19. The van der Waals surface area contributed by atoms with E-state index in [1.54, 1.807) is 24.1 Å². The Kier molecular flexibility index (Phi) is 3.05. The molecule has 98 valence electrons. The van der Waals surface area contributed by atoms with Gasteiger partial charge in [0.2, 0.25) is 0 Å². The average molecular weight is 256 g/mol. The Morgan fingerprint density at radius 3 is 3.11 bits per heavy atom. The van der Waals surface area contributed by atoms with E-state index in [4.69, 9.17) is 0 Å². The van der Waals surface area contributed by atoms with E-state index in [-0.39, 0.29) is 5.91 Å². The third kappa shape index (κ3) is 2.51. The molecule has 1 aliphatic rings. The van der Waals surface area contributed by atoms with Crippen molar-refractivity contribution < 1.29 is 4.79 Å². The van der Waals surface area contributed by atoms with Gasteiger partial charge in [-0.1, -0.05) is 6.07 Å². The molecule has 0 fully saturated rings. The van der Waals surface area contributed by atoms with E-state index in [1.807, 2.05) is 12.1 Å². The predicted octanol–water partition coefficient (Wildman–Crippen LogP) is 1.32. The fraction of sp³-hybridized carbons (Fsp3) is 0.286. The number of hydrogen-bond donors (Lipinski definition) is 2. The molecule has 0 aliphatic carbocycles. The molecule has 0 spiro atoms. The lowest BCUT2D eigenvalue weighted by Crippen LogP contribution is -2.23. The van der Waals surface area contributed by atoms with E-state index >= 15 is 0 Å². The van der Waals surface area contributed by atoms with E-state index in [2.05, 4.69) is 21.8 Å². The van der Waals surface area contributed by atoms with Gasteiger partial charge in [0.25, 0.3) is 5.91 Å². The minimum atomic E-state index is -0.128. The summed E-state index contributed by atoms with van der Waals surface area (Å²) in [6.07, 6.45) is 4.32. The summed E-state index contributed by atoms with van der Waals surface area (Å²) in [5.74, 6) is -0.128. The first-order valence-corrected chi connectivity index (χ1v) is 6.35. The summed E-state index contributed by atoms with van der Waals surface area (Å²) in [5, 5.41) is 10.2. The molecule has 5 nitrogen and oxygen atoms in total. The molecule has 0 atom stereocenters. The van der Waals surface area contributed by atoms with Crippen molar-refractivity contribution in [3.63, 3.8) is 0 Å². The first-order chi connectivity index (χ1) is 9.22. The molecule has 1 aromatic carbocycles. The topological polar surface area (TPSA) is 59.0 Å².